The number of hydrogen-bond acceptors (Lipinski definition) is 8. The molecule has 0 amide bonds. The number of esters is 1. The number of rotatable bonds is 4. The molecule has 1 aromatic heterocycles. The van der Waals surface area contributed by atoms with Crippen molar-refractivity contribution in [1.29, 1.82) is 0 Å². The summed E-state index contributed by atoms with van der Waals surface area (Å²) < 4.78 is 5.84. The van der Waals surface area contributed by atoms with Gasteiger partial charge in [0.05, 0.1) is 29.7 Å². The van der Waals surface area contributed by atoms with Crippen molar-refractivity contribution >= 4 is 29.2 Å². The fourth-order valence-corrected chi connectivity index (χ4v) is 5.29. The summed E-state index contributed by atoms with van der Waals surface area (Å²) in [4.78, 5) is 30.8. The van der Waals surface area contributed by atoms with Gasteiger partial charge in [-0.25, -0.2) is 4.98 Å². The highest BCUT2D eigenvalue weighted by Crippen LogP contribution is 2.34. The van der Waals surface area contributed by atoms with Gasteiger partial charge in [-0.05, 0) is 57.1 Å². The summed E-state index contributed by atoms with van der Waals surface area (Å²) in [5, 5.41) is 24.6. The van der Waals surface area contributed by atoms with E-state index >= 15 is 0 Å². The van der Waals surface area contributed by atoms with Gasteiger partial charge in [0.15, 0.2) is 0 Å². The monoisotopic (exact) mass is 520 g/mol. The van der Waals surface area contributed by atoms with Crippen molar-refractivity contribution in [1.82, 2.24) is 4.98 Å². The molecule has 7 nitrogen and oxygen atoms in total. The lowest BCUT2D eigenvalue weighted by Gasteiger charge is -2.35. The number of ether oxygens (including phenoxy) is 1. The molecule has 0 saturated carbocycles. The summed E-state index contributed by atoms with van der Waals surface area (Å²) in [6.45, 7) is 11.5. The minimum atomic E-state index is -1.23. The molecule has 0 aliphatic carbocycles. The number of nitrogens with zero attached hydrogens (tertiary/aromatic N) is 1. The van der Waals surface area contributed by atoms with Crippen molar-refractivity contribution in [3.05, 3.63) is 33.3 Å². The first kappa shape index (κ1) is 30.4. The molecule has 2 rings (SSSR count). The minimum Gasteiger partial charge on any atom is -0.457 e. The molecule has 202 valence electrons. The van der Waals surface area contributed by atoms with E-state index in [0.717, 1.165) is 35.5 Å². The number of carbonyl (C=O) groups excluding carboxylic acids is 2. The third-order valence-corrected chi connectivity index (χ3v) is 8.30. The van der Waals surface area contributed by atoms with Crippen LogP contribution in [0.4, 0.5) is 0 Å². The molecule has 1 aromatic rings. The Morgan fingerprint density at radius 3 is 2.64 bits per heavy atom. The summed E-state index contributed by atoms with van der Waals surface area (Å²) in [5.41, 5.74) is 7.27. The zero-order chi connectivity index (χ0) is 27.0. The van der Waals surface area contributed by atoms with E-state index in [2.05, 4.69) is 18.0 Å². The second kappa shape index (κ2) is 13.6. The van der Waals surface area contributed by atoms with E-state index in [1.54, 1.807) is 13.8 Å². The SMILES string of the molecule is CCC1C(=O)C(C)(C)C(O)CC(=O)OC(/C(C)=C/c2csc(CN)n2)C/C=C(\C)CCCC(C)C1O. The fraction of sp³-hybridized carbons (Fsp3) is 0.679. The van der Waals surface area contributed by atoms with Crippen LogP contribution in [0.25, 0.3) is 6.08 Å². The lowest BCUT2D eigenvalue weighted by atomic mass is 9.71. The van der Waals surface area contributed by atoms with Crippen molar-refractivity contribution in [2.24, 2.45) is 23.0 Å². The van der Waals surface area contributed by atoms with Crippen molar-refractivity contribution in [3.63, 3.8) is 0 Å². The molecule has 4 N–H and O–H groups in total. The van der Waals surface area contributed by atoms with Crippen molar-refractivity contribution in [3.8, 4) is 0 Å². The van der Waals surface area contributed by atoms with Gasteiger partial charge in [0.1, 0.15) is 16.9 Å². The number of aliphatic hydroxyl groups is 2. The molecular weight excluding hydrogens is 476 g/mol. The predicted octanol–water partition coefficient (Wildman–Crippen LogP) is 4.81. The lowest BCUT2D eigenvalue weighted by Crippen LogP contribution is -2.46. The molecule has 8 heteroatoms. The van der Waals surface area contributed by atoms with E-state index in [0.29, 0.717) is 19.4 Å². The quantitative estimate of drug-likeness (QED) is 0.385. The van der Waals surface area contributed by atoms with Crippen LogP contribution in [-0.2, 0) is 20.9 Å². The number of aliphatic hydroxyl groups excluding tert-OH is 2. The first-order chi connectivity index (χ1) is 16.9. The number of hydrogen-bond donors (Lipinski definition) is 3. The Morgan fingerprint density at radius 2 is 2.03 bits per heavy atom. The van der Waals surface area contributed by atoms with E-state index in [-0.39, 0.29) is 18.1 Å². The average molecular weight is 521 g/mol. The molecule has 1 aliphatic rings. The second-order valence-corrected chi connectivity index (χ2v) is 11.6. The Morgan fingerprint density at radius 1 is 1.33 bits per heavy atom. The topological polar surface area (TPSA) is 123 Å². The maximum atomic E-state index is 13.4. The van der Waals surface area contributed by atoms with Gasteiger partial charge in [-0.2, -0.15) is 0 Å². The van der Waals surface area contributed by atoms with Crippen LogP contribution in [0, 0.1) is 17.3 Å². The third-order valence-electron chi connectivity index (χ3n) is 7.41. The van der Waals surface area contributed by atoms with Crippen LogP contribution in [0.1, 0.15) is 90.8 Å². The average Bonchev–Trinajstić information content (AvgIpc) is 3.28. The van der Waals surface area contributed by atoms with Gasteiger partial charge < -0.3 is 20.7 Å². The number of nitrogens with two attached hydrogens (primary N) is 1. The molecule has 0 saturated heterocycles. The lowest BCUT2D eigenvalue weighted by molar-refractivity contribution is -0.154. The Labute approximate surface area is 219 Å². The molecular formula is C28H44N2O5S. The number of aromatic nitrogens is 1. The van der Waals surface area contributed by atoms with Crippen LogP contribution >= 0.6 is 11.3 Å². The number of Topliss-reactive ketones (excluding diaryl/α,β-unsaturated/α-hetero) is 1. The number of ketones is 1. The van der Waals surface area contributed by atoms with E-state index < -0.39 is 35.6 Å². The minimum absolute atomic E-state index is 0.0491. The van der Waals surface area contributed by atoms with E-state index in [1.165, 1.54) is 16.9 Å². The summed E-state index contributed by atoms with van der Waals surface area (Å²) in [7, 11) is 0. The van der Waals surface area contributed by atoms with E-state index in [4.69, 9.17) is 10.5 Å². The molecule has 5 unspecified atom stereocenters. The summed E-state index contributed by atoms with van der Waals surface area (Å²) >= 11 is 1.48. The van der Waals surface area contributed by atoms with E-state index in [9.17, 15) is 19.8 Å². The van der Waals surface area contributed by atoms with Crippen LogP contribution < -0.4 is 5.73 Å². The molecule has 0 spiro atoms. The van der Waals surface area contributed by atoms with Crippen LogP contribution in [-0.4, -0.2) is 45.3 Å². The second-order valence-electron chi connectivity index (χ2n) is 10.7. The van der Waals surface area contributed by atoms with Crippen LogP contribution in [0.2, 0.25) is 0 Å². The Bertz CT molecular complexity index is 951. The zero-order valence-corrected chi connectivity index (χ0v) is 23.4. The molecule has 1 aliphatic heterocycles. The van der Waals surface area contributed by atoms with Crippen LogP contribution in [0.3, 0.4) is 0 Å². The molecule has 0 aromatic carbocycles. The molecule has 5 atom stereocenters. The van der Waals surface area contributed by atoms with E-state index in [1.807, 2.05) is 32.2 Å². The Balaban J connectivity index is 2.35. The molecule has 0 radical (unpaired) electrons. The summed E-state index contributed by atoms with van der Waals surface area (Å²) in [6.07, 6.45) is 4.67. The van der Waals surface area contributed by atoms with Gasteiger partial charge >= 0.3 is 5.97 Å². The maximum Gasteiger partial charge on any atom is 0.309 e. The highest BCUT2D eigenvalue weighted by molar-refractivity contribution is 7.09. The largest absolute Gasteiger partial charge is 0.457 e. The Kier molecular flexibility index (Phi) is 11.5. The van der Waals surface area contributed by atoms with Gasteiger partial charge in [0.25, 0.3) is 0 Å². The van der Waals surface area contributed by atoms with Crippen LogP contribution in [0.5, 0.6) is 0 Å². The number of carbonyl (C=O) groups is 2. The van der Waals surface area contributed by atoms with Gasteiger partial charge in [0.2, 0.25) is 0 Å². The molecule has 36 heavy (non-hydrogen) atoms. The first-order valence-corrected chi connectivity index (χ1v) is 13.9. The number of thiazole rings is 1. The number of cyclic esters (lactones) is 1. The number of allylic oxidation sites excluding steroid dienone is 1. The van der Waals surface area contributed by atoms with Crippen molar-refractivity contribution < 1.29 is 24.5 Å². The van der Waals surface area contributed by atoms with Gasteiger partial charge in [-0.15, -0.1) is 11.3 Å². The highest BCUT2D eigenvalue weighted by Gasteiger charge is 2.43. The molecule has 0 bridgehead atoms. The van der Waals surface area contributed by atoms with Gasteiger partial charge in [0, 0.05) is 24.3 Å². The Hall–Kier alpha value is -1.87. The molecule has 2 heterocycles. The standard InChI is InChI=1S/C28H44N2O5S/c1-7-21-26(33)18(3)10-8-9-17(2)11-12-22(19(4)13-20-16-36-24(15-29)30-20)35-25(32)14-23(31)28(5,6)27(21)34/h11,13,16,18,21-23,26,31,33H,7-10,12,14-15,29H2,1-6H3/b17-11+,19-13+. The zero-order valence-electron chi connectivity index (χ0n) is 22.6. The molecule has 0 fully saturated rings. The maximum absolute atomic E-state index is 13.4. The highest BCUT2D eigenvalue weighted by atomic mass is 32.1. The third kappa shape index (κ3) is 8.07. The van der Waals surface area contributed by atoms with Crippen molar-refractivity contribution in [2.45, 2.75) is 105 Å². The fourth-order valence-electron chi connectivity index (χ4n) is 4.66. The smallest absolute Gasteiger partial charge is 0.309 e. The predicted molar refractivity (Wildman–Crippen MR) is 144 cm³/mol. The van der Waals surface area contributed by atoms with Crippen LogP contribution in [0.15, 0.2) is 22.6 Å². The van der Waals surface area contributed by atoms with Gasteiger partial charge in [-0.1, -0.05) is 39.3 Å². The van der Waals surface area contributed by atoms with Gasteiger partial charge in [-0.3, -0.25) is 9.59 Å². The normalized spacial score (nSPS) is 31.0. The first-order valence-electron chi connectivity index (χ1n) is 13.0. The van der Waals surface area contributed by atoms with Crippen molar-refractivity contribution in [2.75, 3.05) is 0 Å². The summed E-state index contributed by atoms with van der Waals surface area (Å²) in [5.74, 6) is -1.44. The summed E-state index contributed by atoms with van der Waals surface area (Å²) in [6, 6.07) is 0.